The summed E-state index contributed by atoms with van der Waals surface area (Å²) in [5.74, 6) is 8.49. The summed E-state index contributed by atoms with van der Waals surface area (Å²) in [4.78, 5) is 6.82. The first-order valence-corrected chi connectivity index (χ1v) is 1.54. The Bertz CT molecular complexity index is 48.0. The molecule has 0 aliphatic carbocycles. The first-order valence-electron chi connectivity index (χ1n) is 1.54. The van der Waals surface area contributed by atoms with Crippen LogP contribution in [0.1, 0.15) is 0 Å². The Morgan fingerprint density at radius 1 is 1.00 bits per heavy atom. The third kappa shape index (κ3) is 2.11. The molecule has 6 N–H and O–H groups in total. The van der Waals surface area contributed by atoms with E-state index in [-0.39, 0.29) is 0 Å². The van der Waals surface area contributed by atoms with E-state index in [2.05, 4.69) is 21.7 Å². The lowest BCUT2D eigenvalue weighted by Crippen LogP contribution is -3.55. The van der Waals surface area contributed by atoms with Crippen LogP contribution in [0.4, 0.5) is 0 Å². The molecule has 0 aromatic heterocycles. The highest BCUT2D eigenvalue weighted by Crippen LogP contribution is 1.19. The summed E-state index contributed by atoms with van der Waals surface area (Å²) in [6.45, 7) is 0. The zero-order valence-electron chi connectivity index (χ0n) is 3.79. The van der Waals surface area contributed by atoms with Gasteiger partial charge in [-0.2, -0.15) is 11.8 Å². The number of hydrogen-bond donors (Lipinski definition) is 4. The van der Waals surface area contributed by atoms with Crippen LogP contribution in [0.2, 0.25) is 0 Å². The average Bonchev–Trinajstić information content (AvgIpc) is 1.84. The molecule has 2 atom stereocenters. The van der Waals surface area contributed by atoms with Crippen LogP contribution < -0.4 is 22.5 Å². The molecule has 0 aromatic carbocycles. The molecule has 0 aromatic rings. The highest BCUT2D eigenvalue weighted by Gasteiger charge is 2.00. The van der Waals surface area contributed by atoms with E-state index in [0.29, 0.717) is 0 Å². The largest absolute Gasteiger partial charge is 0.545 e. The lowest BCUT2D eigenvalue weighted by molar-refractivity contribution is -1.61. The Kier molecular flexibility index (Phi) is 3.51. The van der Waals surface area contributed by atoms with Crippen molar-refractivity contribution in [1.82, 2.24) is 0 Å². The minimum Gasteiger partial charge on any atom is -0.545 e. The first kappa shape index (κ1) is 7.68. The van der Waals surface area contributed by atoms with Crippen LogP contribution in [-0.4, -0.2) is 0 Å². The zero-order valence-corrected chi connectivity index (χ0v) is 3.79. The number of hydrogen-bond acceptors (Lipinski definition) is 6. The van der Waals surface area contributed by atoms with Gasteiger partial charge in [0.05, 0.1) is 0 Å². The second-order valence-corrected chi connectivity index (χ2v) is 0.811. The van der Waals surface area contributed by atoms with Gasteiger partial charge in [0, 0.05) is 0 Å². The van der Waals surface area contributed by atoms with Crippen molar-refractivity contribution in [2.24, 2.45) is 11.8 Å². The lowest BCUT2D eigenvalue weighted by atomic mass is 12.4. The fourth-order valence-electron chi connectivity index (χ4n) is 0.0962. The molecule has 0 aliphatic heterocycles. The molecule has 8 nitrogen and oxygen atoms in total. The quantitative estimate of drug-likeness (QED) is 0.281. The van der Waals surface area contributed by atoms with E-state index < -0.39 is 10.7 Å². The van der Waals surface area contributed by atoms with Crippen LogP contribution in [0.15, 0.2) is 0 Å². The molecule has 0 spiro atoms. The maximum Gasteiger partial charge on any atom is -0.0226 e. The highest BCUT2D eigenvalue weighted by molar-refractivity contribution is 3.80. The first-order chi connectivity index (χ1) is 3.72. The van der Waals surface area contributed by atoms with Crippen molar-refractivity contribution in [2.75, 3.05) is 0 Å². The van der Waals surface area contributed by atoms with Gasteiger partial charge in [-0.05, 0) is 10.7 Å². The molecule has 2 unspecified atom stereocenters. The fraction of sp³-hybridized carbons (Fsp3) is 0. The summed E-state index contributed by atoms with van der Waals surface area (Å²) in [5, 5.41) is 17.0. The van der Waals surface area contributed by atoms with Gasteiger partial charge in [0.2, 0.25) is 0 Å². The molecule has 0 bridgehead atoms. The summed E-state index contributed by atoms with van der Waals surface area (Å²) in [6.07, 6.45) is 0. The summed E-state index contributed by atoms with van der Waals surface area (Å²) in [5.41, 5.74) is 0. The van der Waals surface area contributed by atoms with E-state index in [9.17, 15) is 10.4 Å². The molecule has 0 aliphatic rings. The van der Waals surface area contributed by atoms with Crippen LogP contribution in [0.5, 0.6) is 0 Å². The van der Waals surface area contributed by atoms with Gasteiger partial charge in [-0.25, -0.2) is 0 Å². The fourth-order valence-corrected chi connectivity index (χ4v) is 0.0962. The smallest absolute Gasteiger partial charge is 0.0226 e. The van der Waals surface area contributed by atoms with E-state index in [1.807, 2.05) is 0 Å². The van der Waals surface area contributed by atoms with Crippen molar-refractivity contribution < 1.29 is 20.5 Å². The molecule has 0 rings (SSSR count). The topological polar surface area (TPSA) is 126 Å². The number of quaternary nitrogens is 2. The monoisotopic (exact) mass is 126 g/mol. The Balaban J connectivity index is 3.29. The summed E-state index contributed by atoms with van der Waals surface area (Å²) in [7, 11) is 0. The molecule has 0 fully saturated rings. The second kappa shape index (κ2) is 3.65. The maximum atomic E-state index is 9.84. The Morgan fingerprint density at radius 2 is 1.25 bits per heavy atom. The van der Waals surface area contributed by atoms with Crippen LogP contribution in [0.25, 0.3) is 0 Å². The molecule has 8 heavy (non-hydrogen) atoms. The SMILES string of the molecule is NO[NH+]([O-])[NH+]([O-])ON. The van der Waals surface area contributed by atoms with Crippen molar-refractivity contribution in [3.63, 3.8) is 0 Å². The van der Waals surface area contributed by atoms with E-state index in [0.717, 1.165) is 0 Å². The van der Waals surface area contributed by atoms with Gasteiger partial charge >= 0.3 is 0 Å². The van der Waals surface area contributed by atoms with Gasteiger partial charge in [-0.1, -0.05) is 9.88 Å². The molecular formula is H6N4O4. The maximum absolute atomic E-state index is 9.84. The van der Waals surface area contributed by atoms with Gasteiger partial charge in [0.1, 0.15) is 0 Å². The molecule has 0 amide bonds. The van der Waals surface area contributed by atoms with Gasteiger partial charge in [0.25, 0.3) is 0 Å². The van der Waals surface area contributed by atoms with Crippen LogP contribution >= 0.6 is 0 Å². The molecule has 0 heterocycles. The number of nitrogens with two attached hydrogens (primary N) is 2. The predicted octanol–water partition coefficient (Wildman–Crippen LogP) is -4.72. The Morgan fingerprint density at radius 3 is 1.38 bits per heavy atom. The minimum absolute atomic E-state index is 1.33. The number of rotatable bonds is 3. The molecule has 0 radical (unpaired) electrons. The summed E-state index contributed by atoms with van der Waals surface area (Å²) in [6, 6.07) is 0. The zero-order chi connectivity index (χ0) is 6.57. The van der Waals surface area contributed by atoms with Crippen molar-refractivity contribution in [3.05, 3.63) is 10.4 Å². The number of nitrogens with one attached hydrogen (secondary N) is 2. The van der Waals surface area contributed by atoms with Crippen molar-refractivity contribution in [1.29, 1.82) is 0 Å². The Hall–Kier alpha value is -0.320. The van der Waals surface area contributed by atoms with Gasteiger partial charge in [-0.3, -0.25) is 0 Å². The van der Waals surface area contributed by atoms with Gasteiger partial charge in [0.15, 0.2) is 0 Å². The molecule has 0 saturated heterocycles. The van der Waals surface area contributed by atoms with Crippen LogP contribution in [0.3, 0.4) is 0 Å². The molecule has 8 heteroatoms. The standard InChI is InChI=1S/H6N4O4/c1-7-3(5)4(6)8-2/h3-4H,1-2H2. The van der Waals surface area contributed by atoms with E-state index in [4.69, 9.17) is 0 Å². The predicted molar refractivity (Wildman–Crippen MR) is 19.2 cm³/mol. The Labute approximate surface area is 44.1 Å². The van der Waals surface area contributed by atoms with Crippen molar-refractivity contribution >= 4 is 0 Å². The van der Waals surface area contributed by atoms with Crippen molar-refractivity contribution in [3.8, 4) is 0 Å². The molecular weight excluding hydrogens is 120 g/mol. The van der Waals surface area contributed by atoms with E-state index in [1.165, 1.54) is 0 Å². The van der Waals surface area contributed by atoms with Crippen molar-refractivity contribution in [2.45, 2.75) is 0 Å². The minimum atomic E-state index is -1.33. The summed E-state index contributed by atoms with van der Waals surface area (Å²) < 4.78 is 0. The summed E-state index contributed by atoms with van der Waals surface area (Å²) >= 11 is 0. The highest BCUT2D eigenvalue weighted by atomic mass is 17.1. The van der Waals surface area contributed by atoms with E-state index in [1.54, 1.807) is 0 Å². The molecule has 0 saturated carbocycles. The van der Waals surface area contributed by atoms with Crippen LogP contribution in [0, 0.1) is 10.4 Å². The third-order valence-electron chi connectivity index (χ3n) is 0.381. The molecule has 50 valence electrons. The normalized spacial score (nSPS) is 18.0. The van der Waals surface area contributed by atoms with Gasteiger partial charge in [-0.15, -0.1) is 0 Å². The average molecular weight is 126 g/mol. The second-order valence-electron chi connectivity index (χ2n) is 0.811. The van der Waals surface area contributed by atoms with E-state index >= 15 is 0 Å². The van der Waals surface area contributed by atoms with Gasteiger partial charge < -0.3 is 10.4 Å². The van der Waals surface area contributed by atoms with Crippen LogP contribution in [-0.2, 0) is 9.88 Å². The lowest BCUT2D eigenvalue weighted by Gasteiger charge is -2.22. The third-order valence-corrected chi connectivity index (χ3v) is 0.381.